The molecule has 0 unspecified atom stereocenters. The van der Waals surface area contributed by atoms with Gasteiger partial charge >= 0.3 is 0 Å². The van der Waals surface area contributed by atoms with Crippen LogP contribution in [-0.2, 0) is 11.3 Å². The molecule has 2 heterocycles. The van der Waals surface area contributed by atoms with E-state index in [9.17, 15) is 14.4 Å². The van der Waals surface area contributed by atoms with Gasteiger partial charge in [-0.3, -0.25) is 14.4 Å². The van der Waals surface area contributed by atoms with Gasteiger partial charge < -0.3 is 10.6 Å². The fraction of sp³-hybridized carbons (Fsp3) is 0.286. The van der Waals surface area contributed by atoms with Gasteiger partial charge in [-0.15, -0.1) is 5.10 Å². The van der Waals surface area contributed by atoms with E-state index in [-0.39, 0.29) is 29.8 Å². The molecule has 0 aliphatic carbocycles. The molecule has 1 aliphatic rings. The molecule has 2 aromatic carbocycles. The smallest absolute Gasteiger partial charge is 0.277 e. The summed E-state index contributed by atoms with van der Waals surface area (Å²) in [7, 11) is 0. The van der Waals surface area contributed by atoms with Crippen LogP contribution in [0.25, 0.3) is 10.9 Å². The Morgan fingerprint density at radius 1 is 1.03 bits per heavy atom. The SMILES string of the molecule is NC(=O)C1CCN(C(=O)c2ccc(Cn3nnc4ccccc4c3=O)cc2)CC1. The van der Waals surface area contributed by atoms with E-state index in [1.807, 2.05) is 18.2 Å². The van der Waals surface area contributed by atoms with Crippen LogP contribution >= 0.6 is 0 Å². The van der Waals surface area contributed by atoms with Crippen molar-refractivity contribution in [1.82, 2.24) is 19.9 Å². The Bertz CT molecular complexity index is 1120. The van der Waals surface area contributed by atoms with Crippen LogP contribution in [0.3, 0.4) is 0 Å². The predicted molar refractivity (Wildman–Crippen MR) is 107 cm³/mol. The second kappa shape index (κ2) is 7.83. The molecule has 0 saturated carbocycles. The Kier molecular flexibility index (Phi) is 5.07. The summed E-state index contributed by atoms with van der Waals surface area (Å²) in [5.41, 5.74) is 7.13. The van der Waals surface area contributed by atoms with Crippen molar-refractivity contribution >= 4 is 22.7 Å². The lowest BCUT2D eigenvalue weighted by Crippen LogP contribution is -2.41. The van der Waals surface area contributed by atoms with Crippen molar-refractivity contribution in [2.45, 2.75) is 19.4 Å². The van der Waals surface area contributed by atoms with Gasteiger partial charge in [-0.25, -0.2) is 4.68 Å². The molecular weight excluding hydrogens is 370 g/mol. The normalized spacial score (nSPS) is 14.8. The first-order valence-electron chi connectivity index (χ1n) is 9.53. The van der Waals surface area contributed by atoms with E-state index in [2.05, 4.69) is 10.3 Å². The number of rotatable bonds is 4. The molecule has 29 heavy (non-hydrogen) atoms. The molecule has 1 fully saturated rings. The lowest BCUT2D eigenvalue weighted by Gasteiger charge is -2.30. The molecule has 4 rings (SSSR count). The molecule has 1 aromatic heterocycles. The van der Waals surface area contributed by atoms with E-state index in [0.717, 1.165) is 5.56 Å². The van der Waals surface area contributed by atoms with E-state index < -0.39 is 0 Å². The number of amides is 2. The van der Waals surface area contributed by atoms with Crippen LogP contribution in [0, 0.1) is 5.92 Å². The highest BCUT2D eigenvalue weighted by molar-refractivity contribution is 5.94. The number of nitrogens with two attached hydrogens (primary N) is 1. The van der Waals surface area contributed by atoms with Gasteiger partial charge in [-0.2, -0.15) is 0 Å². The minimum absolute atomic E-state index is 0.0675. The van der Waals surface area contributed by atoms with Gasteiger partial charge in [0.05, 0.1) is 11.9 Å². The van der Waals surface area contributed by atoms with Crippen LogP contribution in [0.5, 0.6) is 0 Å². The molecule has 2 N–H and O–H groups in total. The predicted octanol–water partition coefficient (Wildman–Crippen LogP) is 1.18. The molecule has 0 bridgehead atoms. The van der Waals surface area contributed by atoms with Crippen LogP contribution in [0.2, 0.25) is 0 Å². The number of primary amides is 1. The Balaban J connectivity index is 1.46. The number of hydrogen-bond acceptors (Lipinski definition) is 5. The zero-order valence-corrected chi connectivity index (χ0v) is 15.8. The maximum atomic E-state index is 12.7. The number of aromatic nitrogens is 3. The number of carbonyl (C=O) groups excluding carboxylic acids is 2. The van der Waals surface area contributed by atoms with Crippen molar-refractivity contribution in [3.8, 4) is 0 Å². The molecule has 148 valence electrons. The van der Waals surface area contributed by atoms with E-state index in [4.69, 9.17) is 5.73 Å². The maximum absolute atomic E-state index is 12.7. The molecule has 8 nitrogen and oxygen atoms in total. The Labute approximate surface area is 166 Å². The van der Waals surface area contributed by atoms with Gasteiger partial charge in [0.2, 0.25) is 5.91 Å². The van der Waals surface area contributed by atoms with Crippen molar-refractivity contribution in [2.24, 2.45) is 11.7 Å². The highest BCUT2D eigenvalue weighted by atomic mass is 16.2. The molecule has 0 atom stereocenters. The van der Waals surface area contributed by atoms with Crippen LogP contribution in [0.4, 0.5) is 0 Å². The first-order valence-corrected chi connectivity index (χ1v) is 9.53. The summed E-state index contributed by atoms with van der Waals surface area (Å²) in [6.45, 7) is 1.32. The van der Waals surface area contributed by atoms with Crippen LogP contribution in [0.15, 0.2) is 53.3 Å². The molecule has 0 spiro atoms. The number of benzene rings is 2. The fourth-order valence-electron chi connectivity index (χ4n) is 3.60. The van der Waals surface area contributed by atoms with Gasteiger partial charge in [0.25, 0.3) is 11.5 Å². The summed E-state index contributed by atoms with van der Waals surface area (Å²) in [5.74, 6) is -0.515. The van der Waals surface area contributed by atoms with Gasteiger partial charge in [-0.05, 0) is 42.7 Å². The first-order chi connectivity index (χ1) is 14.0. The lowest BCUT2D eigenvalue weighted by molar-refractivity contribution is -0.123. The van der Waals surface area contributed by atoms with E-state index in [1.165, 1.54) is 4.68 Å². The molecule has 1 aliphatic heterocycles. The molecule has 2 amide bonds. The van der Waals surface area contributed by atoms with Crippen LogP contribution < -0.4 is 11.3 Å². The molecule has 1 saturated heterocycles. The van der Waals surface area contributed by atoms with Crippen molar-refractivity contribution < 1.29 is 9.59 Å². The molecule has 3 aromatic rings. The number of piperidine rings is 1. The van der Waals surface area contributed by atoms with Crippen molar-refractivity contribution in [1.29, 1.82) is 0 Å². The third-order valence-corrected chi connectivity index (χ3v) is 5.35. The van der Waals surface area contributed by atoms with Gasteiger partial charge in [0.1, 0.15) is 5.52 Å². The standard InChI is InChI=1S/C21H21N5O3/c22-19(27)15-9-11-25(12-10-15)20(28)16-7-5-14(6-8-16)13-26-21(29)17-3-1-2-4-18(17)23-24-26/h1-8,15H,9-13H2,(H2,22,27). The van der Waals surface area contributed by atoms with Crippen molar-refractivity contribution in [2.75, 3.05) is 13.1 Å². The largest absolute Gasteiger partial charge is 0.369 e. The van der Waals surface area contributed by atoms with E-state index in [0.29, 0.717) is 42.4 Å². The number of carbonyl (C=O) groups is 2. The second-order valence-electron chi connectivity index (χ2n) is 7.24. The summed E-state index contributed by atoms with van der Waals surface area (Å²) >= 11 is 0. The third kappa shape index (κ3) is 3.87. The quantitative estimate of drug-likeness (QED) is 0.718. The fourth-order valence-corrected chi connectivity index (χ4v) is 3.60. The van der Waals surface area contributed by atoms with Crippen molar-refractivity contribution in [3.63, 3.8) is 0 Å². The number of fused-ring (bicyclic) bond motifs is 1. The van der Waals surface area contributed by atoms with E-state index in [1.54, 1.807) is 35.2 Å². The summed E-state index contributed by atoms with van der Waals surface area (Å²) < 4.78 is 1.31. The molecule has 0 radical (unpaired) electrons. The molecular formula is C21H21N5O3. The summed E-state index contributed by atoms with van der Waals surface area (Å²) in [4.78, 5) is 38.2. The highest BCUT2D eigenvalue weighted by Gasteiger charge is 2.26. The topological polar surface area (TPSA) is 111 Å². The number of hydrogen-bond donors (Lipinski definition) is 1. The maximum Gasteiger partial charge on any atom is 0.277 e. The van der Waals surface area contributed by atoms with Gasteiger partial charge in [0.15, 0.2) is 0 Å². The van der Waals surface area contributed by atoms with Crippen LogP contribution in [0.1, 0.15) is 28.8 Å². The zero-order valence-electron chi connectivity index (χ0n) is 15.8. The Morgan fingerprint density at radius 2 is 1.72 bits per heavy atom. The zero-order chi connectivity index (χ0) is 20.4. The Morgan fingerprint density at radius 3 is 2.41 bits per heavy atom. The van der Waals surface area contributed by atoms with Gasteiger partial charge in [-0.1, -0.05) is 29.5 Å². The number of likely N-dealkylation sites (tertiary alicyclic amines) is 1. The molecule has 8 heteroatoms. The summed E-state index contributed by atoms with van der Waals surface area (Å²) in [6, 6.07) is 14.2. The minimum Gasteiger partial charge on any atom is -0.369 e. The third-order valence-electron chi connectivity index (χ3n) is 5.35. The average molecular weight is 391 g/mol. The highest BCUT2D eigenvalue weighted by Crippen LogP contribution is 2.19. The van der Waals surface area contributed by atoms with Gasteiger partial charge in [0, 0.05) is 24.6 Å². The summed E-state index contributed by atoms with van der Waals surface area (Å²) in [6.07, 6.45) is 1.20. The summed E-state index contributed by atoms with van der Waals surface area (Å²) in [5, 5.41) is 8.60. The second-order valence-corrected chi connectivity index (χ2v) is 7.24. The Hall–Kier alpha value is -3.55. The van der Waals surface area contributed by atoms with Crippen LogP contribution in [-0.4, -0.2) is 44.8 Å². The average Bonchev–Trinajstić information content (AvgIpc) is 2.76. The monoisotopic (exact) mass is 391 g/mol. The lowest BCUT2D eigenvalue weighted by atomic mass is 9.96. The van der Waals surface area contributed by atoms with E-state index >= 15 is 0 Å². The number of nitrogens with zero attached hydrogens (tertiary/aromatic N) is 4. The van der Waals surface area contributed by atoms with Crippen molar-refractivity contribution in [3.05, 3.63) is 70.0 Å². The first kappa shape index (κ1) is 18.8. The minimum atomic E-state index is -0.298.